The highest BCUT2D eigenvalue weighted by molar-refractivity contribution is 5.85. The number of hydrogen-bond donors (Lipinski definition) is 2. The lowest BCUT2D eigenvalue weighted by Gasteiger charge is -2.27. The van der Waals surface area contributed by atoms with Crippen molar-refractivity contribution < 1.29 is 9.59 Å². The van der Waals surface area contributed by atoms with E-state index in [0.29, 0.717) is 6.54 Å². The SMILES string of the molecule is CCCCC1NCC(C=O)NC1=O. The van der Waals surface area contributed by atoms with Crippen LogP contribution < -0.4 is 10.6 Å². The molecule has 1 amide bonds. The van der Waals surface area contributed by atoms with Crippen LogP contribution in [0.2, 0.25) is 0 Å². The third-order valence-corrected chi connectivity index (χ3v) is 2.24. The number of unbranched alkanes of at least 4 members (excludes halogenated alkanes) is 1. The summed E-state index contributed by atoms with van der Waals surface area (Å²) in [5.41, 5.74) is 0. The Morgan fingerprint density at radius 1 is 1.62 bits per heavy atom. The maximum Gasteiger partial charge on any atom is 0.237 e. The van der Waals surface area contributed by atoms with Crippen LogP contribution in [0.4, 0.5) is 0 Å². The van der Waals surface area contributed by atoms with Crippen molar-refractivity contribution in [3.8, 4) is 0 Å². The van der Waals surface area contributed by atoms with E-state index in [2.05, 4.69) is 17.6 Å². The van der Waals surface area contributed by atoms with Gasteiger partial charge in [0.15, 0.2) is 0 Å². The van der Waals surface area contributed by atoms with Gasteiger partial charge in [0, 0.05) is 6.54 Å². The van der Waals surface area contributed by atoms with Crippen LogP contribution in [0.1, 0.15) is 26.2 Å². The van der Waals surface area contributed by atoms with Gasteiger partial charge >= 0.3 is 0 Å². The minimum Gasteiger partial charge on any atom is -0.344 e. The highest BCUT2D eigenvalue weighted by Gasteiger charge is 2.25. The fourth-order valence-corrected chi connectivity index (χ4v) is 1.42. The molecule has 0 aliphatic carbocycles. The molecule has 0 aromatic rings. The first-order chi connectivity index (χ1) is 6.27. The first-order valence-electron chi connectivity index (χ1n) is 4.77. The van der Waals surface area contributed by atoms with Gasteiger partial charge in [0.1, 0.15) is 6.29 Å². The Kier molecular flexibility index (Phi) is 3.89. The van der Waals surface area contributed by atoms with Crippen LogP contribution in [-0.4, -0.2) is 30.8 Å². The number of piperazine rings is 1. The lowest BCUT2D eigenvalue weighted by molar-refractivity contribution is -0.128. The van der Waals surface area contributed by atoms with Gasteiger partial charge < -0.3 is 15.4 Å². The molecule has 0 aromatic heterocycles. The lowest BCUT2D eigenvalue weighted by atomic mass is 10.1. The number of carbonyl (C=O) groups excluding carboxylic acids is 2. The second-order valence-electron chi connectivity index (χ2n) is 3.35. The molecule has 2 N–H and O–H groups in total. The van der Waals surface area contributed by atoms with Crippen molar-refractivity contribution in [1.29, 1.82) is 0 Å². The van der Waals surface area contributed by atoms with E-state index in [4.69, 9.17) is 0 Å². The molecule has 1 saturated heterocycles. The molecule has 1 aliphatic rings. The summed E-state index contributed by atoms with van der Waals surface area (Å²) in [6.07, 6.45) is 3.74. The largest absolute Gasteiger partial charge is 0.344 e. The summed E-state index contributed by atoms with van der Waals surface area (Å²) in [5, 5.41) is 5.72. The summed E-state index contributed by atoms with van der Waals surface area (Å²) in [4.78, 5) is 21.7. The fraction of sp³-hybridized carbons (Fsp3) is 0.778. The van der Waals surface area contributed by atoms with E-state index in [1.54, 1.807) is 0 Å². The van der Waals surface area contributed by atoms with Crippen LogP contribution in [0.15, 0.2) is 0 Å². The third-order valence-electron chi connectivity index (χ3n) is 2.24. The van der Waals surface area contributed by atoms with Gasteiger partial charge in [-0.2, -0.15) is 0 Å². The Morgan fingerprint density at radius 3 is 2.92 bits per heavy atom. The van der Waals surface area contributed by atoms with Crippen molar-refractivity contribution in [1.82, 2.24) is 10.6 Å². The first-order valence-corrected chi connectivity index (χ1v) is 4.77. The van der Waals surface area contributed by atoms with Gasteiger partial charge in [0.2, 0.25) is 5.91 Å². The van der Waals surface area contributed by atoms with Crippen LogP contribution in [0.25, 0.3) is 0 Å². The number of aldehydes is 1. The van der Waals surface area contributed by atoms with Crippen molar-refractivity contribution in [2.24, 2.45) is 0 Å². The molecule has 4 nitrogen and oxygen atoms in total. The minimum atomic E-state index is -0.342. The molecule has 2 atom stereocenters. The highest BCUT2D eigenvalue weighted by atomic mass is 16.2. The Bertz CT molecular complexity index is 194. The topological polar surface area (TPSA) is 58.2 Å². The van der Waals surface area contributed by atoms with Crippen molar-refractivity contribution in [2.45, 2.75) is 38.3 Å². The van der Waals surface area contributed by atoms with Crippen LogP contribution >= 0.6 is 0 Å². The zero-order valence-corrected chi connectivity index (χ0v) is 7.88. The van der Waals surface area contributed by atoms with E-state index >= 15 is 0 Å². The molecule has 1 rings (SSSR count). The quantitative estimate of drug-likeness (QED) is 0.596. The van der Waals surface area contributed by atoms with Gasteiger partial charge in [-0.25, -0.2) is 0 Å². The molecule has 0 radical (unpaired) electrons. The molecule has 4 heteroatoms. The molecule has 0 spiro atoms. The summed E-state index contributed by atoms with van der Waals surface area (Å²) in [5.74, 6) is -0.0446. The van der Waals surface area contributed by atoms with E-state index in [1.165, 1.54) is 0 Å². The van der Waals surface area contributed by atoms with Gasteiger partial charge in [0.05, 0.1) is 12.1 Å². The Hall–Kier alpha value is -0.900. The fourth-order valence-electron chi connectivity index (χ4n) is 1.42. The van der Waals surface area contributed by atoms with Crippen LogP contribution in [0, 0.1) is 0 Å². The second-order valence-corrected chi connectivity index (χ2v) is 3.35. The summed E-state index contributed by atoms with van der Waals surface area (Å²) < 4.78 is 0. The predicted octanol–water partition coefficient (Wildman–Crippen LogP) is -0.168. The lowest BCUT2D eigenvalue weighted by Crippen LogP contribution is -2.58. The van der Waals surface area contributed by atoms with E-state index in [1.807, 2.05) is 0 Å². The number of amides is 1. The summed E-state index contributed by atoms with van der Waals surface area (Å²) >= 11 is 0. The average Bonchev–Trinajstić information content (AvgIpc) is 2.16. The molecule has 0 bridgehead atoms. The molecule has 1 heterocycles. The van der Waals surface area contributed by atoms with Gasteiger partial charge in [-0.1, -0.05) is 19.8 Å². The van der Waals surface area contributed by atoms with Gasteiger partial charge in [0.25, 0.3) is 0 Å². The number of hydrogen-bond acceptors (Lipinski definition) is 3. The molecule has 1 aliphatic heterocycles. The summed E-state index contributed by atoms with van der Waals surface area (Å²) in [6.45, 7) is 2.65. The highest BCUT2D eigenvalue weighted by Crippen LogP contribution is 2.03. The van der Waals surface area contributed by atoms with Crippen molar-refractivity contribution in [3.05, 3.63) is 0 Å². The van der Waals surface area contributed by atoms with Crippen molar-refractivity contribution >= 4 is 12.2 Å². The normalized spacial score (nSPS) is 28.2. The van der Waals surface area contributed by atoms with E-state index in [9.17, 15) is 9.59 Å². The second kappa shape index (κ2) is 4.97. The Morgan fingerprint density at radius 2 is 2.38 bits per heavy atom. The smallest absolute Gasteiger partial charge is 0.237 e. The minimum absolute atomic E-state index is 0.0446. The molecule has 13 heavy (non-hydrogen) atoms. The van der Waals surface area contributed by atoms with Gasteiger partial charge in [-0.05, 0) is 6.42 Å². The zero-order chi connectivity index (χ0) is 9.68. The number of carbonyl (C=O) groups is 2. The maximum absolute atomic E-state index is 11.3. The van der Waals surface area contributed by atoms with Crippen LogP contribution in [0.5, 0.6) is 0 Å². The van der Waals surface area contributed by atoms with E-state index in [0.717, 1.165) is 25.5 Å². The molecule has 2 unspecified atom stereocenters. The van der Waals surface area contributed by atoms with Crippen LogP contribution in [-0.2, 0) is 9.59 Å². The predicted molar refractivity (Wildman–Crippen MR) is 49.3 cm³/mol. The van der Waals surface area contributed by atoms with E-state index < -0.39 is 0 Å². The molecule has 1 fully saturated rings. The average molecular weight is 184 g/mol. The Labute approximate surface area is 78.1 Å². The van der Waals surface area contributed by atoms with Crippen molar-refractivity contribution in [3.63, 3.8) is 0 Å². The van der Waals surface area contributed by atoms with Gasteiger partial charge in [-0.3, -0.25) is 4.79 Å². The number of rotatable bonds is 4. The van der Waals surface area contributed by atoms with Crippen molar-refractivity contribution in [2.75, 3.05) is 6.54 Å². The molecule has 74 valence electrons. The monoisotopic (exact) mass is 184 g/mol. The number of nitrogens with one attached hydrogen (secondary N) is 2. The summed E-state index contributed by atoms with van der Waals surface area (Å²) in [6, 6.07) is -0.443. The van der Waals surface area contributed by atoms with E-state index in [-0.39, 0.29) is 18.0 Å². The molecular weight excluding hydrogens is 168 g/mol. The standard InChI is InChI=1S/C9H16N2O2/c1-2-3-4-8-9(13)11-7(6-12)5-10-8/h6-8,10H,2-5H2,1H3,(H,11,13). The molecule has 0 aromatic carbocycles. The maximum atomic E-state index is 11.3. The Balaban J connectivity index is 2.35. The summed E-state index contributed by atoms with van der Waals surface area (Å²) in [7, 11) is 0. The third kappa shape index (κ3) is 2.81. The molecular formula is C9H16N2O2. The molecule has 0 saturated carbocycles. The zero-order valence-electron chi connectivity index (χ0n) is 7.88. The van der Waals surface area contributed by atoms with Crippen LogP contribution in [0.3, 0.4) is 0 Å². The first kappa shape index (κ1) is 10.2. The van der Waals surface area contributed by atoms with Gasteiger partial charge in [-0.15, -0.1) is 0 Å².